The molecule has 0 radical (unpaired) electrons. The van der Waals surface area contributed by atoms with Gasteiger partial charge >= 0.3 is 0 Å². The van der Waals surface area contributed by atoms with Gasteiger partial charge in [0.15, 0.2) is 0 Å². The van der Waals surface area contributed by atoms with Crippen molar-refractivity contribution in [1.82, 2.24) is 10.2 Å². The average Bonchev–Trinajstić information content (AvgIpc) is 2.87. The van der Waals surface area contributed by atoms with Gasteiger partial charge in [0.1, 0.15) is 0 Å². The van der Waals surface area contributed by atoms with Crippen molar-refractivity contribution in [3.63, 3.8) is 0 Å². The largest absolute Gasteiger partial charge is 0.355 e. The minimum absolute atomic E-state index is 0.196. The van der Waals surface area contributed by atoms with Crippen molar-refractivity contribution < 1.29 is 4.79 Å². The van der Waals surface area contributed by atoms with Gasteiger partial charge in [-0.3, -0.25) is 4.79 Å². The van der Waals surface area contributed by atoms with Gasteiger partial charge in [-0.25, -0.2) is 0 Å². The molecule has 1 atom stereocenters. The van der Waals surface area contributed by atoms with Gasteiger partial charge in [0.05, 0.1) is 0 Å². The van der Waals surface area contributed by atoms with Crippen molar-refractivity contribution in [3.05, 3.63) is 0 Å². The summed E-state index contributed by atoms with van der Waals surface area (Å²) in [5.41, 5.74) is 5.62. The van der Waals surface area contributed by atoms with Gasteiger partial charge in [0, 0.05) is 19.5 Å². The fraction of sp³-hybridized carbons (Fsp3) is 0.933. The Morgan fingerprint density at radius 1 is 1.26 bits per heavy atom. The predicted molar refractivity (Wildman–Crippen MR) is 79.9 cm³/mol. The minimum atomic E-state index is 0.196. The number of likely N-dealkylation sites (tertiary alicyclic amines) is 1. The number of carbonyl (C=O) groups is 1. The Kier molecular flexibility index (Phi) is 8.07. The van der Waals surface area contributed by atoms with Crippen molar-refractivity contribution in [3.8, 4) is 0 Å². The van der Waals surface area contributed by atoms with E-state index in [9.17, 15) is 4.79 Å². The van der Waals surface area contributed by atoms with E-state index in [0.29, 0.717) is 18.3 Å². The van der Waals surface area contributed by atoms with Crippen LogP contribution in [-0.4, -0.2) is 43.5 Å². The van der Waals surface area contributed by atoms with E-state index < -0.39 is 0 Å². The van der Waals surface area contributed by atoms with Crippen LogP contribution in [0.1, 0.15) is 46.0 Å². The maximum Gasteiger partial charge on any atom is 0.220 e. The molecule has 0 saturated carbocycles. The molecule has 4 heteroatoms. The van der Waals surface area contributed by atoms with Crippen LogP contribution in [0, 0.1) is 11.8 Å². The van der Waals surface area contributed by atoms with Gasteiger partial charge in [0.2, 0.25) is 5.91 Å². The molecule has 1 saturated heterocycles. The highest BCUT2D eigenvalue weighted by molar-refractivity contribution is 5.75. The molecule has 112 valence electrons. The van der Waals surface area contributed by atoms with Crippen molar-refractivity contribution in [1.29, 1.82) is 0 Å². The van der Waals surface area contributed by atoms with E-state index in [1.165, 1.54) is 25.9 Å². The van der Waals surface area contributed by atoms with Gasteiger partial charge < -0.3 is 16.0 Å². The van der Waals surface area contributed by atoms with Crippen LogP contribution in [0.15, 0.2) is 0 Å². The normalized spacial score (nSPS) is 17.9. The van der Waals surface area contributed by atoms with E-state index in [0.717, 1.165) is 32.5 Å². The fourth-order valence-electron chi connectivity index (χ4n) is 2.79. The molecule has 3 N–H and O–H groups in total. The second-order valence-corrected chi connectivity index (χ2v) is 6.02. The molecular formula is C15H31N3O. The summed E-state index contributed by atoms with van der Waals surface area (Å²) in [7, 11) is 0. The second kappa shape index (κ2) is 9.32. The number of hydrogen-bond acceptors (Lipinski definition) is 3. The predicted octanol–water partition coefficient (Wildman–Crippen LogP) is 1.60. The number of hydrogen-bond donors (Lipinski definition) is 2. The number of carbonyl (C=O) groups excluding carboxylic acids is 1. The molecule has 1 fully saturated rings. The number of nitrogens with one attached hydrogen (secondary N) is 1. The molecule has 0 aromatic heterocycles. The Morgan fingerprint density at radius 2 is 1.95 bits per heavy atom. The molecule has 1 heterocycles. The standard InChI is InChI=1S/C15H31N3O/c1-13(2)14(7-8-16)5-6-15(19)17-9-12-18-10-3-4-11-18/h13-14H,3-12,16H2,1-2H3,(H,17,19). The van der Waals surface area contributed by atoms with Gasteiger partial charge in [0.25, 0.3) is 0 Å². The third-order valence-electron chi connectivity index (χ3n) is 4.17. The van der Waals surface area contributed by atoms with Gasteiger partial charge in [-0.15, -0.1) is 0 Å². The summed E-state index contributed by atoms with van der Waals surface area (Å²) in [5, 5.41) is 3.03. The zero-order valence-corrected chi connectivity index (χ0v) is 12.7. The first kappa shape index (κ1) is 16.4. The zero-order chi connectivity index (χ0) is 14.1. The Labute approximate surface area is 118 Å². The summed E-state index contributed by atoms with van der Waals surface area (Å²) in [6.45, 7) is 9.34. The molecule has 4 nitrogen and oxygen atoms in total. The van der Waals surface area contributed by atoms with Crippen LogP contribution in [0.3, 0.4) is 0 Å². The lowest BCUT2D eigenvalue weighted by atomic mass is 9.88. The number of nitrogens with two attached hydrogens (primary N) is 1. The van der Waals surface area contributed by atoms with Gasteiger partial charge in [-0.2, -0.15) is 0 Å². The summed E-state index contributed by atoms with van der Waals surface area (Å²) in [6, 6.07) is 0. The lowest BCUT2D eigenvalue weighted by Gasteiger charge is -2.20. The third kappa shape index (κ3) is 6.92. The van der Waals surface area contributed by atoms with Gasteiger partial charge in [-0.1, -0.05) is 13.8 Å². The average molecular weight is 269 g/mol. The van der Waals surface area contributed by atoms with Crippen LogP contribution in [0.4, 0.5) is 0 Å². The van der Waals surface area contributed by atoms with Crippen LogP contribution < -0.4 is 11.1 Å². The van der Waals surface area contributed by atoms with Crippen molar-refractivity contribution in [2.24, 2.45) is 17.6 Å². The molecule has 1 rings (SSSR count). The number of amides is 1. The summed E-state index contributed by atoms with van der Waals surface area (Å²) < 4.78 is 0. The maximum absolute atomic E-state index is 11.8. The molecule has 1 aliphatic heterocycles. The quantitative estimate of drug-likeness (QED) is 0.668. The summed E-state index contributed by atoms with van der Waals surface area (Å²) in [6.07, 6.45) is 5.25. The van der Waals surface area contributed by atoms with Crippen LogP contribution in [0.5, 0.6) is 0 Å². The Morgan fingerprint density at radius 3 is 2.53 bits per heavy atom. The minimum Gasteiger partial charge on any atom is -0.355 e. The topological polar surface area (TPSA) is 58.4 Å². The van der Waals surface area contributed by atoms with Crippen molar-refractivity contribution >= 4 is 5.91 Å². The van der Waals surface area contributed by atoms with Crippen LogP contribution in [0.2, 0.25) is 0 Å². The van der Waals surface area contributed by atoms with Gasteiger partial charge in [-0.05, 0) is 57.2 Å². The van der Waals surface area contributed by atoms with Crippen LogP contribution in [-0.2, 0) is 4.79 Å². The Balaban J connectivity index is 2.08. The second-order valence-electron chi connectivity index (χ2n) is 6.02. The van der Waals surface area contributed by atoms with Crippen molar-refractivity contribution in [2.75, 3.05) is 32.7 Å². The third-order valence-corrected chi connectivity index (χ3v) is 4.17. The number of nitrogens with zero attached hydrogens (tertiary/aromatic N) is 1. The lowest BCUT2D eigenvalue weighted by molar-refractivity contribution is -0.121. The van der Waals surface area contributed by atoms with Crippen LogP contribution in [0.25, 0.3) is 0 Å². The Bertz CT molecular complexity index is 250. The van der Waals surface area contributed by atoms with E-state index in [2.05, 4.69) is 24.1 Å². The van der Waals surface area contributed by atoms with E-state index in [-0.39, 0.29) is 5.91 Å². The first-order valence-corrected chi connectivity index (χ1v) is 7.82. The van der Waals surface area contributed by atoms with E-state index in [1.54, 1.807) is 0 Å². The maximum atomic E-state index is 11.8. The lowest BCUT2D eigenvalue weighted by Crippen LogP contribution is -2.33. The number of rotatable bonds is 9. The van der Waals surface area contributed by atoms with E-state index in [4.69, 9.17) is 5.73 Å². The molecule has 0 aromatic carbocycles. The fourth-order valence-corrected chi connectivity index (χ4v) is 2.79. The van der Waals surface area contributed by atoms with Crippen LogP contribution >= 0.6 is 0 Å². The molecule has 0 bridgehead atoms. The first-order chi connectivity index (χ1) is 9.13. The summed E-state index contributed by atoms with van der Waals surface area (Å²) in [4.78, 5) is 14.2. The molecule has 1 aliphatic rings. The van der Waals surface area contributed by atoms with E-state index >= 15 is 0 Å². The zero-order valence-electron chi connectivity index (χ0n) is 12.7. The molecule has 0 aliphatic carbocycles. The molecule has 1 amide bonds. The summed E-state index contributed by atoms with van der Waals surface area (Å²) >= 11 is 0. The molecule has 0 spiro atoms. The molecule has 1 unspecified atom stereocenters. The monoisotopic (exact) mass is 269 g/mol. The summed E-state index contributed by atoms with van der Waals surface area (Å²) in [5.74, 6) is 1.39. The van der Waals surface area contributed by atoms with E-state index in [1.807, 2.05) is 0 Å². The van der Waals surface area contributed by atoms with Crippen molar-refractivity contribution in [2.45, 2.75) is 46.0 Å². The molecular weight excluding hydrogens is 238 g/mol. The highest BCUT2D eigenvalue weighted by Gasteiger charge is 2.15. The SMILES string of the molecule is CC(C)C(CCN)CCC(=O)NCCN1CCCC1. The first-order valence-electron chi connectivity index (χ1n) is 7.82. The highest BCUT2D eigenvalue weighted by Crippen LogP contribution is 2.20. The highest BCUT2D eigenvalue weighted by atomic mass is 16.1. The molecule has 19 heavy (non-hydrogen) atoms. The molecule has 0 aromatic rings. The Hall–Kier alpha value is -0.610. The smallest absolute Gasteiger partial charge is 0.220 e.